The van der Waals surface area contributed by atoms with E-state index in [1.54, 1.807) is 29.7 Å². The van der Waals surface area contributed by atoms with E-state index in [0.717, 1.165) is 6.07 Å². The van der Waals surface area contributed by atoms with Crippen LogP contribution in [0.5, 0.6) is 0 Å². The Labute approximate surface area is 188 Å². The first kappa shape index (κ1) is 22.8. The first-order chi connectivity index (χ1) is 15.1. The topological polar surface area (TPSA) is 58.7 Å². The molecule has 0 aliphatic carbocycles. The highest BCUT2D eigenvalue weighted by molar-refractivity contribution is 7.91. The van der Waals surface area contributed by atoms with Gasteiger partial charge >= 0.3 is 6.18 Å². The number of anilines is 1. The minimum absolute atomic E-state index is 0.00537. The summed E-state index contributed by atoms with van der Waals surface area (Å²) in [5, 5.41) is 0. The molecule has 11 heteroatoms. The summed E-state index contributed by atoms with van der Waals surface area (Å²) in [5.74, 6) is -0.00537. The van der Waals surface area contributed by atoms with Gasteiger partial charge in [-0.2, -0.15) is 13.2 Å². The normalized spacial score (nSPS) is 16.1. The molecule has 0 bridgehead atoms. The quantitative estimate of drug-likeness (QED) is 0.494. The molecule has 0 saturated carbocycles. The average molecular weight is 486 g/mol. The van der Waals surface area contributed by atoms with Crippen LogP contribution in [-0.2, 0) is 22.7 Å². The van der Waals surface area contributed by atoms with Crippen molar-refractivity contribution in [1.82, 2.24) is 9.47 Å². The third kappa shape index (κ3) is 4.55. The zero-order valence-corrected chi connectivity index (χ0v) is 18.9. The fourth-order valence-corrected chi connectivity index (χ4v) is 4.91. The lowest BCUT2D eigenvalue weighted by Gasteiger charge is -2.36. The molecule has 6 nitrogen and oxygen atoms in total. The Morgan fingerprint density at radius 3 is 2.44 bits per heavy atom. The van der Waals surface area contributed by atoms with E-state index in [1.807, 2.05) is 4.90 Å². The zero-order chi connectivity index (χ0) is 23.1. The van der Waals surface area contributed by atoms with Crippen molar-refractivity contribution in [3.63, 3.8) is 0 Å². The highest BCUT2D eigenvalue weighted by Crippen LogP contribution is 2.32. The molecule has 0 N–H and O–H groups in total. The van der Waals surface area contributed by atoms with Gasteiger partial charge in [0.05, 0.1) is 28.4 Å². The number of rotatable bonds is 5. The Morgan fingerprint density at radius 1 is 1.06 bits per heavy atom. The number of sulfone groups is 1. The van der Waals surface area contributed by atoms with Gasteiger partial charge in [0, 0.05) is 31.9 Å². The number of halogens is 3. The van der Waals surface area contributed by atoms with Crippen LogP contribution in [0.25, 0.3) is 11.1 Å². The van der Waals surface area contributed by atoms with E-state index in [2.05, 4.69) is 4.90 Å². The van der Waals surface area contributed by atoms with Crippen molar-refractivity contribution in [3.8, 4) is 0 Å². The van der Waals surface area contributed by atoms with E-state index in [4.69, 9.17) is 16.6 Å². The monoisotopic (exact) mass is 485 g/mol. The maximum absolute atomic E-state index is 13.0. The molecule has 3 aromatic rings. The number of hydrogen-bond donors (Lipinski definition) is 0. The van der Waals surface area contributed by atoms with Gasteiger partial charge in [-0.05, 0) is 48.6 Å². The number of oxazole rings is 1. The lowest BCUT2D eigenvalue weighted by atomic mass is 10.1. The summed E-state index contributed by atoms with van der Waals surface area (Å²) in [6.07, 6.45) is -4.37. The molecule has 0 amide bonds. The summed E-state index contributed by atoms with van der Waals surface area (Å²) >= 11 is 5.34. The first-order valence-electron chi connectivity index (χ1n) is 10.1. The van der Waals surface area contributed by atoms with Crippen molar-refractivity contribution in [2.45, 2.75) is 24.7 Å². The lowest BCUT2D eigenvalue weighted by Crippen LogP contribution is -2.46. The molecular weight excluding hydrogens is 463 g/mol. The van der Waals surface area contributed by atoms with Crippen molar-refractivity contribution in [2.24, 2.45) is 0 Å². The standard InChI is InChI=1S/C21H22F3N3O3S2/c1-2-32(28,29)17-6-7-19-18(13-17)27(20(31)30-19)14-25-8-10-26(11-9-25)16-5-3-4-15(12-16)21(22,23)24/h3-7,12-13H,2,8-11,14H2,1H3. The van der Waals surface area contributed by atoms with Crippen LogP contribution >= 0.6 is 12.2 Å². The molecule has 1 aliphatic rings. The van der Waals surface area contributed by atoms with Crippen molar-refractivity contribution in [3.05, 3.63) is 52.9 Å². The van der Waals surface area contributed by atoms with Gasteiger partial charge in [0.25, 0.3) is 4.84 Å². The minimum Gasteiger partial charge on any atom is -0.429 e. The second kappa shape index (κ2) is 8.53. The molecule has 1 fully saturated rings. The Bertz CT molecular complexity index is 1290. The predicted molar refractivity (Wildman–Crippen MR) is 118 cm³/mol. The van der Waals surface area contributed by atoms with Crippen LogP contribution in [-0.4, -0.2) is 49.8 Å². The van der Waals surface area contributed by atoms with Crippen molar-refractivity contribution in [2.75, 3.05) is 36.8 Å². The van der Waals surface area contributed by atoms with Gasteiger partial charge in [0.2, 0.25) is 0 Å². The number of alkyl halides is 3. The second-order valence-corrected chi connectivity index (χ2v) is 10.3. The molecule has 2 aromatic carbocycles. The van der Waals surface area contributed by atoms with Crippen LogP contribution in [0, 0.1) is 4.84 Å². The molecule has 0 spiro atoms. The summed E-state index contributed by atoms with van der Waals surface area (Å²) in [6.45, 7) is 4.32. The molecule has 0 atom stereocenters. The molecule has 1 aromatic heterocycles. The number of hydrogen-bond acceptors (Lipinski definition) is 6. The van der Waals surface area contributed by atoms with Crippen LogP contribution in [0.15, 0.2) is 51.8 Å². The van der Waals surface area contributed by atoms with Gasteiger partial charge in [0.15, 0.2) is 15.4 Å². The third-order valence-electron chi connectivity index (χ3n) is 5.63. The number of piperazine rings is 1. The number of fused-ring (bicyclic) bond motifs is 1. The highest BCUT2D eigenvalue weighted by atomic mass is 32.2. The fraction of sp³-hybridized carbons (Fsp3) is 0.381. The summed E-state index contributed by atoms with van der Waals surface area (Å²) < 4.78 is 70.9. The average Bonchev–Trinajstić information content (AvgIpc) is 3.08. The molecule has 1 saturated heterocycles. The summed E-state index contributed by atoms with van der Waals surface area (Å²) in [4.78, 5) is 4.48. The molecule has 1 aliphatic heterocycles. The van der Waals surface area contributed by atoms with E-state index < -0.39 is 21.6 Å². The van der Waals surface area contributed by atoms with Crippen LogP contribution in [0.3, 0.4) is 0 Å². The Kier molecular flexibility index (Phi) is 6.08. The van der Waals surface area contributed by atoms with Gasteiger partial charge in [-0.1, -0.05) is 13.0 Å². The fourth-order valence-electron chi connectivity index (χ4n) is 3.76. The molecule has 172 valence electrons. The van der Waals surface area contributed by atoms with Crippen LogP contribution in [0.2, 0.25) is 0 Å². The van der Waals surface area contributed by atoms with Gasteiger partial charge in [-0.25, -0.2) is 8.42 Å². The van der Waals surface area contributed by atoms with Crippen molar-refractivity contribution >= 4 is 38.8 Å². The smallest absolute Gasteiger partial charge is 0.416 e. The van der Waals surface area contributed by atoms with E-state index in [1.165, 1.54) is 18.2 Å². The highest BCUT2D eigenvalue weighted by Gasteiger charge is 2.31. The first-order valence-corrected chi connectivity index (χ1v) is 12.2. The Morgan fingerprint density at radius 2 is 1.78 bits per heavy atom. The van der Waals surface area contributed by atoms with Crippen LogP contribution in [0.1, 0.15) is 12.5 Å². The van der Waals surface area contributed by atoms with E-state index in [-0.39, 0.29) is 15.5 Å². The molecule has 4 rings (SSSR count). The maximum atomic E-state index is 13.0. The van der Waals surface area contributed by atoms with Gasteiger partial charge in [0.1, 0.15) is 0 Å². The second-order valence-electron chi connectivity index (χ2n) is 7.62. The third-order valence-corrected chi connectivity index (χ3v) is 7.67. The number of nitrogens with zero attached hydrogens (tertiary/aromatic N) is 3. The van der Waals surface area contributed by atoms with E-state index in [9.17, 15) is 21.6 Å². The Hall–Kier alpha value is -2.37. The van der Waals surface area contributed by atoms with E-state index in [0.29, 0.717) is 49.6 Å². The minimum atomic E-state index is -4.37. The molecule has 0 unspecified atom stereocenters. The number of benzene rings is 2. The van der Waals surface area contributed by atoms with Gasteiger partial charge in [-0.15, -0.1) is 0 Å². The molecule has 2 heterocycles. The summed E-state index contributed by atoms with van der Waals surface area (Å²) in [7, 11) is -3.37. The SMILES string of the molecule is CCS(=O)(=O)c1ccc2oc(=S)n(CN3CCN(c4cccc(C(F)(F)F)c4)CC3)c2c1. The van der Waals surface area contributed by atoms with Gasteiger partial charge in [-0.3, -0.25) is 9.47 Å². The number of aromatic nitrogens is 1. The predicted octanol–water partition coefficient (Wildman–Crippen LogP) is 4.56. The Balaban J connectivity index is 1.51. The van der Waals surface area contributed by atoms with Gasteiger partial charge < -0.3 is 9.32 Å². The molecule has 0 radical (unpaired) electrons. The van der Waals surface area contributed by atoms with E-state index >= 15 is 0 Å². The molecule has 32 heavy (non-hydrogen) atoms. The van der Waals surface area contributed by atoms with Crippen LogP contribution in [0.4, 0.5) is 18.9 Å². The van der Waals surface area contributed by atoms with Crippen molar-refractivity contribution in [1.29, 1.82) is 0 Å². The zero-order valence-electron chi connectivity index (χ0n) is 17.3. The molecular formula is C21H22F3N3O3S2. The maximum Gasteiger partial charge on any atom is 0.416 e. The van der Waals surface area contributed by atoms with Crippen molar-refractivity contribution < 1.29 is 26.0 Å². The lowest BCUT2D eigenvalue weighted by molar-refractivity contribution is -0.137. The summed E-state index contributed by atoms with van der Waals surface area (Å²) in [6, 6.07) is 10.0. The van der Waals surface area contributed by atoms with Crippen LogP contribution < -0.4 is 4.90 Å². The summed E-state index contributed by atoms with van der Waals surface area (Å²) in [5.41, 5.74) is 0.989. The largest absolute Gasteiger partial charge is 0.429 e.